The standard InChI is InChI=1S/C13H16O4/c1-13(12(14)15,10-5-3-2-4-6-10)17-11-7-8-16-9-11/h2-6,11H,7-9H2,1H3,(H,14,15). The van der Waals surface area contributed by atoms with Crippen molar-refractivity contribution in [3.63, 3.8) is 0 Å². The molecule has 92 valence electrons. The fourth-order valence-corrected chi connectivity index (χ4v) is 1.94. The second-order valence-electron chi connectivity index (χ2n) is 4.31. The zero-order valence-electron chi connectivity index (χ0n) is 9.76. The van der Waals surface area contributed by atoms with E-state index in [4.69, 9.17) is 9.47 Å². The predicted octanol–water partition coefficient (Wildman–Crippen LogP) is 1.79. The molecule has 1 heterocycles. The fourth-order valence-electron chi connectivity index (χ4n) is 1.94. The zero-order chi connectivity index (χ0) is 12.3. The lowest BCUT2D eigenvalue weighted by Gasteiger charge is -2.28. The van der Waals surface area contributed by atoms with Crippen LogP contribution in [-0.4, -0.2) is 30.4 Å². The van der Waals surface area contributed by atoms with Crippen LogP contribution < -0.4 is 0 Å². The van der Waals surface area contributed by atoms with Gasteiger partial charge in [-0.05, 0) is 18.9 Å². The summed E-state index contributed by atoms with van der Waals surface area (Å²) in [7, 11) is 0. The van der Waals surface area contributed by atoms with Crippen molar-refractivity contribution in [2.45, 2.75) is 25.0 Å². The molecule has 2 unspecified atom stereocenters. The summed E-state index contributed by atoms with van der Waals surface area (Å²) < 4.78 is 10.9. The summed E-state index contributed by atoms with van der Waals surface area (Å²) in [5.74, 6) is -0.976. The second-order valence-corrected chi connectivity index (χ2v) is 4.31. The van der Waals surface area contributed by atoms with Gasteiger partial charge < -0.3 is 14.6 Å². The lowest BCUT2D eigenvalue weighted by Crippen LogP contribution is -2.39. The SMILES string of the molecule is CC(OC1CCOC1)(C(=O)O)c1ccccc1. The first kappa shape index (κ1) is 12.1. The molecule has 1 aromatic carbocycles. The summed E-state index contributed by atoms with van der Waals surface area (Å²) in [6.07, 6.45) is 0.603. The summed E-state index contributed by atoms with van der Waals surface area (Å²) in [5.41, 5.74) is -0.654. The molecule has 0 saturated carbocycles. The van der Waals surface area contributed by atoms with Gasteiger partial charge in [0.15, 0.2) is 5.60 Å². The average Bonchev–Trinajstić information content (AvgIpc) is 2.82. The normalized spacial score (nSPS) is 23.2. The Bertz CT molecular complexity index is 384. The first-order valence-electron chi connectivity index (χ1n) is 5.67. The number of hydrogen-bond donors (Lipinski definition) is 1. The molecule has 0 bridgehead atoms. The molecule has 4 nitrogen and oxygen atoms in total. The van der Waals surface area contributed by atoms with Gasteiger partial charge in [0.1, 0.15) is 0 Å². The Morgan fingerprint density at radius 3 is 2.71 bits per heavy atom. The van der Waals surface area contributed by atoms with E-state index >= 15 is 0 Å². The highest BCUT2D eigenvalue weighted by Crippen LogP contribution is 2.29. The Labute approximate surface area is 100 Å². The van der Waals surface area contributed by atoms with Crippen molar-refractivity contribution in [3.05, 3.63) is 35.9 Å². The van der Waals surface area contributed by atoms with Gasteiger partial charge in [0.2, 0.25) is 0 Å². The van der Waals surface area contributed by atoms with E-state index in [0.717, 1.165) is 6.42 Å². The third-order valence-corrected chi connectivity index (χ3v) is 3.02. The highest BCUT2D eigenvalue weighted by molar-refractivity contribution is 5.79. The van der Waals surface area contributed by atoms with Crippen LogP contribution in [0.3, 0.4) is 0 Å². The Morgan fingerprint density at radius 1 is 1.47 bits per heavy atom. The maximum absolute atomic E-state index is 11.4. The van der Waals surface area contributed by atoms with E-state index in [1.807, 2.05) is 18.2 Å². The molecular weight excluding hydrogens is 220 g/mol. The van der Waals surface area contributed by atoms with Crippen molar-refractivity contribution >= 4 is 5.97 Å². The van der Waals surface area contributed by atoms with Gasteiger partial charge in [0.05, 0.1) is 12.7 Å². The summed E-state index contributed by atoms with van der Waals surface area (Å²) in [6.45, 7) is 2.69. The van der Waals surface area contributed by atoms with Gasteiger partial charge in [-0.25, -0.2) is 4.79 Å². The van der Waals surface area contributed by atoms with E-state index < -0.39 is 11.6 Å². The van der Waals surface area contributed by atoms with Crippen molar-refractivity contribution < 1.29 is 19.4 Å². The van der Waals surface area contributed by atoms with E-state index in [-0.39, 0.29) is 6.10 Å². The molecule has 1 aromatic rings. The summed E-state index contributed by atoms with van der Waals surface area (Å²) in [6, 6.07) is 9.01. The fraction of sp³-hybridized carbons (Fsp3) is 0.462. The van der Waals surface area contributed by atoms with E-state index in [9.17, 15) is 9.90 Å². The molecule has 1 saturated heterocycles. The number of benzene rings is 1. The molecule has 2 atom stereocenters. The number of rotatable bonds is 4. The van der Waals surface area contributed by atoms with E-state index in [1.54, 1.807) is 19.1 Å². The monoisotopic (exact) mass is 236 g/mol. The van der Waals surface area contributed by atoms with Crippen LogP contribution in [0.1, 0.15) is 18.9 Å². The molecule has 2 rings (SSSR count). The van der Waals surface area contributed by atoms with Crippen LogP contribution in [0.15, 0.2) is 30.3 Å². The highest BCUT2D eigenvalue weighted by atomic mass is 16.6. The van der Waals surface area contributed by atoms with Crippen LogP contribution in [0.4, 0.5) is 0 Å². The smallest absolute Gasteiger partial charge is 0.340 e. The molecule has 0 spiro atoms. The molecule has 0 aromatic heterocycles. The maximum Gasteiger partial charge on any atom is 0.340 e. The lowest BCUT2D eigenvalue weighted by molar-refractivity contribution is -0.173. The van der Waals surface area contributed by atoms with E-state index in [2.05, 4.69) is 0 Å². The van der Waals surface area contributed by atoms with E-state index in [1.165, 1.54) is 0 Å². The minimum absolute atomic E-state index is 0.142. The molecule has 0 amide bonds. The molecule has 0 aliphatic carbocycles. The van der Waals surface area contributed by atoms with Gasteiger partial charge >= 0.3 is 5.97 Å². The van der Waals surface area contributed by atoms with Crippen LogP contribution in [0, 0.1) is 0 Å². The first-order chi connectivity index (χ1) is 8.13. The third-order valence-electron chi connectivity index (χ3n) is 3.02. The number of aliphatic carboxylic acids is 1. The largest absolute Gasteiger partial charge is 0.479 e. The quantitative estimate of drug-likeness (QED) is 0.866. The van der Waals surface area contributed by atoms with Crippen LogP contribution in [-0.2, 0) is 19.9 Å². The molecule has 1 aliphatic heterocycles. The van der Waals surface area contributed by atoms with Gasteiger partial charge in [0.25, 0.3) is 0 Å². The van der Waals surface area contributed by atoms with Crippen molar-refractivity contribution in [2.75, 3.05) is 13.2 Å². The first-order valence-corrected chi connectivity index (χ1v) is 5.67. The molecular formula is C13H16O4. The zero-order valence-corrected chi connectivity index (χ0v) is 9.76. The highest BCUT2D eigenvalue weighted by Gasteiger charge is 2.39. The minimum atomic E-state index is -1.31. The van der Waals surface area contributed by atoms with Crippen molar-refractivity contribution in [2.24, 2.45) is 0 Å². The molecule has 0 radical (unpaired) electrons. The van der Waals surface area contributed by atoms with Crippen LogP contribution in [0.5, 0.6) is 0 Å². The Hall–Kier alpha value is -1.39. The number of carbonyl (C=O) groups is 1. The van der Waals surface area contributed by atoms with Crippen LogP contribution in [0.2, 0.25) is 0 Å². The van der Waals surface area contributed by atoms with Crippen molar-refractivity contribution in [1.82, 2.24) is 0 Å². The number of carboxylic acids is 1. The Kier molecular flexibility index (Phi) is 3.45. The van der Waals surface area contributed by atoms with Crippen LogP contribution in [0.25, 0.3) is 0 Å². The van der Waals surface area contributed by atoms with Gasteiger partial charge in [-0.3, -0.25) is 0 Å². The number of carboxylic acid groups (broad SMARTS) is 1. The molecule has 1 fully saturated rings. The molecule has 17 heavy (non-hydrogen) atoms. The molecule has 1 N–H and O–H groups in total. The average molecular weight is 236 g/mol. The van der Waals surface area contributed by atoms with Crippen LogP contribution >= 0.6 is 0 Å². The Balaban J connectivity index is 2.23. The van der Waals surface area contributed by atoms with Crippen molar-refractivity contribution in [3.8, 4) is 0 Å². The molecule has 1 aliphatic rings. The lowest BCUT2D eigenvalue weighted by atomic mass is 9.95. The second kappa shape index (κ2) is 4.85. The number of hydrogen-bond acceptors (Lipinski definition) is 3. The Morgan fingerprint density at radius 2 is 2.18 bits per heavy atom. The predicted molar refractivity (Wildman–Crippen MR) is 61.7 cm³/mol. The van der Waals surface area contributed by atoms with Gasteiger partial charge in [-0.2, -0.15) is 0 Å². The summed E-state index contributed by atoms with van der Waals surface area (Å²) >= 11 is 0. The van der Waals surface area contributed by atoms with Gasteiger partial charge in [0, 0.05) is 6.61 Å². The summed E-state index contributed by atoms with van der Waals surface area (Å²) in [5, 5.41) is 9.38. The minimum Gasteiger partial charge on any atom is -0.479 e. The van der Waals surface area contributed by atoms with E-state index in [0.29, 0.717) is 18.8 Å². The van der Waals surface area contributed by atoms with Gasteiger partial charge in [-0.15, -0.1) is 0 Å². The third kappa shape index (κ3) is 2.48. The van der Waals surface area contributed by atoms with Gasteiger partial charge in [-0.1, -0.05) is 30.3 Å². The van der Waals surface area contributed by atoms with Crippen molar-refractivity contribution in [1.29, 1.82) is 0 Å². The summed E-state index contributed by atoms with van der Waals surface area (Å²) in [4.78, 5) is 11.4. The topological polar surface area (TPSA) is 55.8 Å². The number of ether oxygens (including phenoxy) is 2. The maximum atomic E-state index is 11.4. The molecule has 4 heteroatoms.